The van der Waals surface area contributed by atoms with Crippen LogP contribution in [0, 0.1) is 5.82 Å². The van der Waals surface area contributed by atoms with Crippen LogP contribution in [-0.2, 0) is 0 Å². The van der Waals surface area contributed by atoms with Gasteiger partial charge in [-0.25, -0.2) is 4.39 Å². The highest BCUT2D eigenvalue weighted by molar-refractivity contribution is 6.31. The van der Waals surface area contributed by atoms with Crippen molar-refractivity contribution in [1.29, 1.82) is 0 Å². The summed E-state index contributed by atoms with van der Waals surface area (Å²) in [5, 5.41) is 3.06. The third kappa shape index (κ3) is 4.14. The van der Waals surface area contributed by atoms with Crippen molar-refractivity contribution in [1.82, 2.24) is 5.32 Å². The second kappa shape index (κ2) is 8.07. The molecule has 5 nitrogen and oxygen atoms in total. The van der Waals surface area contributed by atoms with Gasteiger partial charge in [0.2, 0.25) is 5.75 Å². The predicted molar refractivity (Wildman–Crippen MR) is 93.4 cm³/mol. The third-order valence-corrected chi connectivity index (χ3v) is 4.03. The van der Waals surface area contributed by atoms with Gasteiger partial charge < -0.3 is 19.5 Å². The van der Waals surface area contributed by atoms with Crippen LogP contribution in [0.25, 0.3) is 0 Å². The van der Waals surface area contributed by atoms with Gasteiger partial charge in [0.25, 0.3) is 5.91 Å². The molecular weight excluding hydrogens is 349 g/mol. The lowest BCUT2D eigenvalue weighted by Gasteiger charge is -2.18. The summed E-state index contributed by atoms with van der Waals surface area (Å²) < 4.78 is 28.9. The Kier molecular flexibility index (Phi) is 6.09. The van der Waals surface area contributed by atoms with Crippen LogP contribution >= 0.6 is 11.6 Å². The quantitative estimate of drug-likeness (QED) is 0.838. The SMILES string of the molecule is COc1cc(C(=O)NC(C)c2ccc(F)cc2Cl)cc(OC)c1OC. The smallest absolute Gasteiger partial charge is 0.252 e. The van der Waals surface area contributed by atoms with E-state index in [2.05, 4.69) is 5.32 Å². The first kappa shape index (κ1) is 18.9. The Morgan fingerprint density at radius 1 is 1.08 bits per heavy atom. The Labute approximate surface area is 150 Å². The van der Waals surface area contributed by atoms with Crippen LogP contribution < -0.4 is 19.5 Å². The van der Waals surface area contributed by atoms with E-state index in [0.29, 0.717) is 28.4 Å². The lowest BCUT2D eigenvalue weighted by atomic mass is 10.1. The molecule has 0 aliphatic heterocycles. The number of halogens is 2. The lowest BCUT2D eigenvalue weighted by molar-refractivity contribution is 0.0939. The van der Waals surface area contributed by atoms with Crippen molar-refractivity contribution in [2.45, 2.75) is 13.0 Å². The van der Waals surface area contributed by atoms with Crippen molar-refractivity contribution in [3.63, 3.8) is 0 Å². The van der Waals surface area contributed by atoms with Crippen LogP contribution in [0.5, 0.6) is 17.2 Å². The zero-order chi connectivity index (χ0) is 18.6. The molecule has 0 fully saturated rings. The van der Waals surface area contributed by atoms with Crippen molar-refractivity contribution in [2.24, 2.45) is 0 Å². The van der Waals surface area contributed by atoms with Crippen LogP contribution in [0.1, 0.15) is 28.9 Å². The standard InChI is InChI=1S/C18H19ClFNO4/c1-10(13-6-5-12(20)9-14(13)19)21-18(22)11-7-15(23-2)17(25-4)16(8-11)24-3/h5-10H,1-4H3,(H,21,22). The van der Waals surface area contributed by atoms with Crippen LogP contribution in [-0.4, -0.2) is 27.2 Å². The van der Waals surface area contributed by atoms with E-state index < -0.39 is 11.9 Å². The molecule has 0 saturated carbocycles. The molecule has 0 bridgehead atoms. The highest BCUT2D eigenvalue weighted by atomic mass is 35.5. The van der Waals surface area contributed by atoms with Gasteiger partial charge in [-0.15, -0.1) is 0 Å². The molecule has 1 N–H and O–H groups in total. The number of hydrogen-bond acceptors (Lipinski definition) is 4. The maximum atomic E-state index is 13.2. The summed E-state index contributed by atoms with van der Waals surface area (Å²) in [7, 11) is 4.43. The van der Waals surface area contributed by atoms with Crippen LogP contribution in [0.3, 0.4) is 0 Å². The van der Waals surface area contributed by atoms with E-state index in [4.69, 9.17) is 25.8 Å². The zero-order valence-electron chi connectivity index (χ0n) is 14.4. The van der Waals surface area contributed by atoms with Crippen molar-refractivity contribution in [3.8, 4) is 17.2 Å². The molecule has 0 aliphatic rings. The number of methoxy groups -OCH3 is 3. The lowest BCUT2D eigenvalue weighted by Crippen LogP contribution is -2.27. The van der Waals surface area contributed by atoms with Gasteiger partial charge in [-0.1, -0.05) is 17.7 Å². The first-order valence-corrected chi connectivity index (χ1v) is 7.84. The summed E-state index contributed by atoms with van der Waals surface area (Å²) in [6, 6.07) is 6.73. The predicted octanol–water partition coefficient (Wildman–Crippen LogP) is 4.00. The summed E-state index contributed by atoms with van der Waals surface area (Å²) in [6.45, 7) is 1.76. The first-order valence-electron chi connectivity index (χ1n) is 7.47. The van der Waals surface area contributed by atoms with Crippen molar-refractivity contribution in [3.05, 3.63) is 52.3 Å². The molecular formula is C18H19ClFNO4. The van der Waals surface area contributed by atoms with Crippen LogP contribution in [0.4, 0.5) is 4.39 Å². The highest BCUT2D eigenvalue weighted by Crippen LogP contribution is 2.38. The number of benzene rings is 2. The summed E-state index contributed by atoms with van der Waals surface area (Å²) >= 11 is 6.04. The maximum absolute atomic E-state index is 13.2. The largest absolute Gasteiger partial charge is 0.493 e. The topological polar surface area (TPSA) is 56.8 Å². The molecule has 2 aromatic rings. The van der Waals surface area contributed by atoms with E-state index in [0.717, 1.165) is 0 Å². The van der Waals surface area contributed by atoms with Crippen molar-refractivity contribution >= 4 is 17.5 Å². The minimum absolute atomic E-state index is 0.248. The van der Waals surface area contributed by atoms with Gasteiger partial charge in [-0.2, -0.15) is 0 Å². The average Bonchev–Trinajstić information content (AvgIpc) is 2.59. The maximum Gasteiger partial charge on any atom is 0.252 e. The summed E-state index contributed by atoms with van der Waals surface area (Å²) in [6.07, 6.45) is 0. The molecule has 0 saturated heterocycles. The Morgan fingerprint density at radius 2 is 1.68 bits per heavy atom. The molecule has 1 atom stereocenters. The van der Waals surface area contributed by atoms with Crippen molar-refractivity contribution in [2.75, 3.05) is 21.3 Å². The van der Waals surface area contributed by atoms with Crippen LogP contribution in [0.15, 0.2) is 30.3 Å². The second-order valence-corrected chi connectivity index (χ2v) is 5.68. The molecule has 0 heterocycles. The second-order valence-electron chi connectivity index (χ2n) is 5.27. The third-order valence-electron chi connectivity index (χ3n) is 3.70. The zero-order valence-corrected chi connectivity index (χ0v) is 15.1. The molecule has 1 amide bonds. The van der Waals surface area contributed by atoms with Gasteiger partial charge in [0.1, 0.15) is 5.82 Å². The minimum atomic E-state index is -0.433. The van der Waals surface area contributed by atoms with E-state index >= 15 is 0 Å². The number of hydrogen-bond donors (Lipinski definition) is 1. The fraction of sp³-hybridized carbons (Fsp3) is 0.278. The average molecular weight is 368 g/mol. The Morgan fingerprint density at radius 3 is 2.16 bits per heavy atom. The minimum Gasteiger partial charge on any atom is -0.493 e. The van der Waals surface area contributed by atoms with Gasteiger partial charge in [-0.3, -0.25) is 4.79 Å². The molecule has 1 unspecified atom stereocenters. The molecule has 25 heavy (non-hydrogen) atoms. The number of rotatable bonds is 6. The summed E-state index contributed by atoms with van der Waals surface area (Å²) in [5.41, 5.74) is 0.948. The van der Waals surface area contributed by atoms with E-state index in [-0.39, 0.29) is 10.9 Å². The highest BCUT2D eigenvalue weighted by Gasteiger charge is 2.19. The van der Waals surface area contributed by atoms with Gasteiger partial charge >= 0.3 is 0 Å². The molecule has 134 valence electrons. The number of amides is 1. The molecule has 2 aromatic carbocycles. The van der Waals surface area contributed by atoms with Crippen molar-refractivity contribution < 1.29 is 23.4 Å². The fourth-order valence-electron chi connectivity index (χ4n) is 2.42. The molecule has 0 radical (unpaired) electrons. The number of carbonyl (C=O) groups excluding carboxylic acids is 1. The van der Waals surface area contributed by atoms with Gasteiger partial charge in [0.05, 0.1) is 27.4 Å². The van der Waals surface area contributed by atoms with Gasteiger partial charge in [-0.05, 0) is 36.8 Å². The van der Waals surface area contributed by atoms with E-state index in [1.807, 2.05) is 0 Å². The molecule has 0 aromatic heterocycles. The fourth-order valence-corrected chi connectivity index (χ4v) is 2.75. The first-order chi connectivity index (χ1) is 11.9. The summed E-state index contributed by atoms with van der Waals surface area (Å²) in [4.78, 5) is 12.6. The summed E-state index contributed by atoms with van der Waals surface area (Å²) in [5.74, 6) is 0.360. The normalized spacial score (nSPS) is 11.6. The van der Waals surface area contributed by atoms with E-state index in [9.17, 15) is 9.18 Å². The molecule has 0 aliphatic carbocycles. The van der Waals surface area contributed by atoms with E-state index in [1.54, 1.807) is 19.1 Å². The Hall–Kier alpha value is -2.47. The van der Waals surface area contributed by atoms with Gasteiger partial charge in [0.15, 0.2) is 11.5 Å². The Balaban J connectivity index is 2.28. The van der Waals surface area contributed by atoms with Crippen LogP contribution in [0.2, 0.25) is 5.02 Å². The van der Waals surface area contributed by atoms with E-state index in [1.165, 1.54) is 39.5 Å². The monoisotopic (exact) mass is 367 g/mol. The molecule has 2 rings (SSSR count). The number of nitrogens with one attached hydrogen (secondary N) is 1. The molecule has 7 heteroatoms. The molecule has 0 spiro atoms. The Bertz CT molecular complexity index is 757. The number of carbonyl (C=O) groups is 1. The van der Waals surface area contributed by atoms with Gasteiger partial charge in [0, 0.05) is 10.6 Å². The number of ether oxygens (including phenoxy) is 3.